The molecular weight excluding hydrogens is 287 g/mol. The number of aromatic nitrogens is 1. The van der Waals surface area contributed by atoms with E-state index in [4.69, 9.17) is 0 Å². The number of hydrogen-bond donors (Lipinski definition) is 1. The fourth-order valence-electron chi connectivity index (χ4n) is 2.84. The van der Waals surface area contributed by atoms with Crippen LogP contribution in [0.5, 0.6) is 0 Å². The molecule has 1 aliphatic heterocycles. The zero-order valence-electron chi connectivity index (χ0n) is 12.2. The second-order valence-electron chi connectivity index (χ2n) is 5.89. The molecule has 2 heterocycles. The summed E-state index contributed by atoms with van der Waals surface area (Å²) in [4.78, 5) is 4.18. The maximum atomic E-state index is 14.2. The average molecular weight is 304 g/mol. The summed E-state index contributed by atoms with van der Waals surface area (Å²) in [6.45, 7) is 5.66. The first-order valence-corrected chi connectivity index (χ1v) is 7.93. The Kier molecular flexibility index (Phi) is 3.31. The third-order valence-corrected chi connectivity index (χ3v) is 5.85. The minimum atomic E-state index is -1.35. The van der Waals surface area contributed by atoms with E-state index >= 15 is 0 Å². The molecule has 3 nitrogen and oxygen atoms in total. The molecule has 2 atom stereocenters. The SMILES string of the molecule is CC1(c2ncccc2F)N[S+]([O-])C(C)(C)c2ccccc21. The summed E-state index contributed by atoms with van der Waals surface area (Å²) in [7, 11) is 0. The number of halogens is 1. The second-order valence-corrected chi connectivity index (χ2v) is 7.65. The normalized spacial score (nSPS) is 27.2. The van der Waals surface area contributed by atoms with Crippen molar-refractivity contribution in [2.45, 2.75) is 31.1 Å². The minimum Gasteiger partial charge on any atom is -0.597 e. The first kappa shape index (κ1) is 14.5. The maximum absolute atomic E-state index is 14.2. The van der Waals surface area contributed by atoms with Crippen LogP contribution in [0.25, 0.3) is 0 Å². The predicted molar refractivity (Wildman–Crippen MR) is 81.4 cm³/mol. The highest BCUT2D eigenvalue weighted by atomic mass is 32.2. The molecule has 21 heavy (non-hydrogen) atoms. The standard InChI is InChI=1S/C16H17FN2OS/c1-15(2)11-7-4-5-8-12(11)16(3,19-21(15)20)14-13(17)9-6-10-18-14/h4-10,19H,1-3H3. The highest BCUT2D eigenvalue weighted by molar-refractivity contribution is 7.90. The van der Waals surface area contributed by atoms with Crippen LogP contribution in [0, 0.1) is 5.82 Å². The summed E-state index contributed by atoms with van der Waals surface area (Å²) in [6, 6.07) is 10.6. The molecule has 0 spiro atoms. The number of nitrogens with one attached hydrogen (secondary N) is 1. The van der Waals surface area contributed by atoms with Gasteiger partial charge in [0.15, 0.2) is 4.75 Å². The van der Waals surface area contributed by atoms with Crippen molar-refractivity contribution in [2.24, 2.45) is 0 Å². The van der Waals surface area contributed by atoms with E-state index in [1.165, 1.54) is 6.07 Å². The molecule has 2 aromatic rings. The minimum absolute atomic E-state index is 0.265. The van der Waals surface area contributed by atoms with E-state index in [0.717, 1.165) is 11.1 Å². The zero-order valence-corrected chi connectivity index (χ0v) is 13.0. The fourth-order valence-corrected chi connectivity index (χ4v) is 4.05. The molecule has 2 unspecified atom stereocenters. The highest BCUT2D eigenvalue weighted by Gasteiger charge is 2.51. The Morgan fingerprint density at radius 1 is 1.10 bits per heavy atom. The molecular formula is C16H17FN2OS. The van der Waals surface area contributed by atoms with E-state index in [9.17, 15) is 8.94 Å². The van der Waals surface area contributed by atoms with Gasteiger partial charge < -0.3 is 4.55 Å². The van der Waals surface area contributed by atoms with Gasteiger partial charge in [0.1, 0.15) is 17.1 Å². The molecule has 1 aromatic carbocycles. The van der Waals surface area contributed by atoms with Crippen molar-refractivity contribution < 1.29 is 8.94 Å². The summed E-state index contributed by atoms with van der Waals surface area (Å²) < 4.78 is 29.4. The van der Waals surface area contributed by atoms with Crippen molar-refractivity contribution in [3.8, 4) is 0 Å². The largest absolute Gasteiger partial charge is 0.597 e. The van der Waals surface area contributed by atoms with Gasteiger partial charge in [0.2, 0.25) is 0 Å². The molecule has 5 heteroatoms. The molecule has 0 bridgehead atoms. The third kappa shape index (κ3) is 2.08. The second kappa shape index (κ2) is 4.80. The Morgan fingerprint density at radius 2 is 1.76 bits per heavy atom. The molecule has 110 valence electrons. The molecule has 1 aromatic heterocycles. The Bertz CT molecular complexity index is 691. The van der Waals surface area contributed by atoms with Gasteiger partial charge in [-0.3, -0.25) is 4.98 Å². The number of fused-ring (bicyclic) bond motifs is 1. The van der Waals surface area contributed by atoms with Crippen LogP contribution in [0.4, 0.5) is 4.39 Å². The summed E-state index contributed by atoms with van der Waals surface area (Å²) in [5, 5.41) is 0. The van der Waals surface area contributed by atoms with Crippen LogP contribution in [0.3, 0.4) is 0 Å². The van der Waals surface area contributed by atoms with Crippen LogP contribution < -0.4 is 4.72 Å². The van der Waals surface area contributed by atoms with Gasteiger partial charge >= 0.3 is 0 Å². The van der Waals surface area contributed by atoms with Crippen molar-refractivity contribution >= 4 is 11.4 Å². The smallest absolute Gasteiger partial charge is 0.164 e. The van der Waals surface area contributed by atoms with Crippen molar-refractivity contribution in [1.82, 2.24) is 9.71 Å². The van der Waals surface area contributed by atoms with E-state index in [2.05, 4.69) is 9.71 Å². The van der Waals surface area contributed by atoms with Crippen molar-refractivity contribution in [2.75, 3.05) is 0 Å². The van der Waals surface area contributed by atoms with Gasteiger partial charge in [-0.15, -0.1) is 4.72 Å². The van der Waals surface area contributed by atoms with Crippen molar-refractivity contribution in [3.63, 3.8) is 0 Å². The topological polar surface area (TPSA) is 48.0 Å². The average Bonchev–Trinajstić information content (AvgIpc) is 2.46. The number of nitrogens with zero attached hydrogens (tertiary/aromatic N) is 1. The Hall–Kier alpha value is -1.43. The lowest BCUT2D eigenvalue weighted by Crippen LogP contribution is -2.56. The van der Waals surface area contributed by atoms with Gasteiger partial charge in [-0.2, -0.15) is 0 Å². The lowest BCUT2D eigenvalue weighted by molar-refractivity contribution is 0.423. The first-order valence-electron chi connectivity index (χ1n) is 6.78. The molecule has 0 radical (unpaired) electrons. The molecule has 0 saturated carbocycles. The van der Waals surface area contributed by atoms with E-state index < -0.39 is 27.5 Å². The zero-order chi connectivity index (χ0) is 15.3. The molecule has 0 fully saturated rings. The van der Waals surface area contributed by atoms with Gasteiger partial charge in [0.05, 0.1) is 0 Å². The van der Waals surface area contributed by atoms with Crippen LogP contribution in [0.1, 0.15) is 37.6 Å². The van der Waals surface area contributed by atoms with E-state index in [0.29, 0.717) is 0 Å². The lowest BCUT2D eigenvalue weighted by atomic mass is 9.81. The molecule has 3 rings (SSSR count). The highest BCUT2D eigenvalue weighted by Crippen LogP contribution is 2.44. The van der Waals surface area contributed by atoms with E-state index in [1.54, 1.807) is 12.3 Å². The molecule has 0 amide bonds. The third-order valence-electron chi connectivity index (χ3n) is 4.11. The summed E-state index contributed by atoms with van der Waals surface area (Å²) in [5.74, 6) is -0.404. The fraction of sp³-hybridized carbons (Fsp3) is 0.312. The van der Waals surface area contributed by atoms with Crippen molar-refractivity contribution in [1.29, 1.82) is 0 Å². The van der Waals surface area contributed by atoms with Gasteiger partial charge in [0.25, 0.3) is 0 Å². The van der Waals surface area contributed by atoms with Crippen LogP contribution in [0.15, 0.2) is 42.6 Å². The molecule has 1 aliphatic rings. The summed E-state index contributed by atoms with van der Waals surface area (Å²) in [5.41, 5.74) is 1.21. The Labute approximate surface area is 126 Å². The molecule has 0 saturated heterocycles. The van der Waals surface area contributed by atoms with Crippen LogP contribution in [-0.4, -0.2) is 9.54 Å². The lowest BCUT2D eigenvalue weighted by Gasteiger charge is -2.43. The van der Waals surface area contributed by atoms with Crippen molar-refractivity contribution in [3.05, 3.63) is 65.2 Å². The van der Waals surface area contributed by atoms with Gasteiger partial charge in [0, 0.05) is 23.1 Å². The quantitative estimate of drug-likeness (QED) is 0.824. The van der Waals surface area contributed by atoms with Crippen LogP contribution in [0.2, 0.25) is 0 Å². The number of pyridine rings is 1. The predicted octanol–water partition coefficient (Wildman–Crippen LogP) is 2.99. The maximum Gasteiger partial charge on any atom is 0.164 e. The Morgan fingerprint density at radius 3 is 2.43 bits per heavy atom. The number of benzene rings is 1. The van der Waals surface area contributed by atoms with Gasteiger partial charge in [-0.05, 0) is 38.5 Å². The summed E-state index contributed by atoms with van der Waals surface area (Å²) >= 11 is -1.35. The number of rotatable bonds is 1. The number of hydrogen-bond acceptors (Lipinski definition) is 3. The van der Waals surface area contributed by atoms with Gasteiger partial charge in [-0.25, -0.2) is 4.39 Å². The summed E-state index contributed by atoms with van der Waals surface area (Å²) in [6.07, 6.45) is 1.55. The first-order chi connectivity index (χ1) is 9.87. The van der Waals surface area contributed by atoms with Crippen LogP contribution >= 0.6 is 0 Å². The monoisotopic (exact) mass is 304 g/mol. The molecule has 0 aliphatic carbocycles. The van der Waals surface area contributed by atoms with Gasteiger partial charge in [-0.1, -0.05) is 24.3 Å². The van der Waals surface area contributed by atoms with E-state index in [1.807, 2.05) is 45.0 Å². The Balaban J connectivity index is 2.28. The van der Waals surface area contributed by atoms with E-state index in [-0.39, 0.29) is 5.69 Å². The molecule has 1 N–H and O–H groups in total. The van der Waals surface area contributed by atoms with Crippen LogP contribution in [-0.2, 0) is 21.6 Å².